The van der Waals surface area contributed by atoms with Gasteiger partial charge in [-0.2, -0.15) is 10.2 Å². The third-order valence-electron chi connectivity index (χ3n) is 5.90. The number of hydrogen-bond donors (Lipinski definition) is 0. The first-order valence-electron chi connectivity index (χ1n) is 11.0. The van der Waals surface area contributed by atoms with E-state index in [4.69, 9.17) is 10.2 Å². The van der Waals surface area contributed by atoms with Crippen LogP contribution in [0, 0.1) is 0 Å². The minimum absolute atomic E-state index is 0.0896. The van der Waals surface area contributed by atoms with Crippen LogP contribution in [0.25, 0.3) is 16.9 Å². The highest BCUT2D eigenvalue weighted by Crippen LogP contribution is 2.38. The van der Waals surface area contributed by atoms with Gasteiger partial charge in [-0.15, -0.1) is 11.8 Å². The Balaban J connectivity index is 1.60. The van der Waals surface area contributed by atoms with Gasteiger partial charge in [0.2, 0.25) is 5.91 Å². The van der Waals surface area contributed by atoms with Gasteiger partial charge in [0, 0.05) is 40.0 Å². The first-order valence-corrected chi connectivity index (χ1v) is 13.0. The number of thioether (sulfide) groups is 1. The second-order valence-electron chi connectivity index (χ2n) is 8.08. The molecule has 5 rings (SSSR count). The molecule has 1 aromatic heterocycles. The van der Waals surface area contributed by atoms with Crippen LogP contribution in [-0.4, -0.2) is 32.7 Å². The lowest BCUT2D eigenvalue weighted by Gasteiger charge is -2.20. The summed E-state index contributed by atoms with van der Waals surface area (Å²) in [6.45, 7) is 1.57. The summed E-state index contributed by atoms with van der Waals surface area (Å²) in [6, 6.07) is 26.2. The number of nitrogens with zero attached hydrogens (tertiary/aromatic N) is 4. The Morgan fingerprint density at radius 1 is 0.971 bits per heavy atom. The van der Waals surface area contributed by atoms with Crippen molar-refractivity contribution in [3.63, 3.8) is 0 Å². The summed E-state index contributed by atoms with van der Waals surface area (Å²) in [5, 5.41) is 11.3. The van der Waals surface area contributed by atoms with Crippen LogP contribution in [0.5, 0.6) is 0 Å². The summed E-state index contributed by atoms with van der Waals surface area (Å²) in [7, 11) is 0. The van der Waals surface area contributed by atoms with Crippen LogP contribution < -0.4 is 0 Å². The molecule has 170 valence electrons. The molecule has 0 radical (unpaired) electrons. The fraction of sp³-hybridized carbons (Fsp3) is 0.148. The number of carbonyl (C=O) groups is 1. The zero-order chi connectivity index (χ0) is 23.7. The minimum Gasteiger partial charge on any atom is -0.273 e. The first-order chi connectivity index (χ1) is 16.5. The van der Waals surface area contributed by atoms with Crippen molar-refractivity contribution in [1.29, 1.82) is 0 Å². The van der Waals surface area contributed by atoms with Crippen LogP contribution in [0.15, 0.2) is 99.5 Å². The molecule has 1 unspecified atom stereocenters. The third-order valence-corrected chi connectivity index (χ3v) is 7.17. The van der Waals surface area contributed by atoms with E-state index in [1.54, 1.807) is 23.7 Å². The zero-order valence-corrected chi connectivity index (χ0v) is 21.3. The molecule has 0 spiro atoms. The number of amides is 1. The van der Waals surface area contributed by atoms with Crippen molar-refractivity contribution in [2.45, 2.75) is 24.3 Å². The van der Waals surface area contributed by atoms with Crippen molar-refractivity contribution in [3.8, 4) is 16.9 Å². The van der Waals surface area contributed by atoms with Crippen molar-refractivity contribution in [2.24, 2.45) is 5.10 Å². The molecule has 5 nitrogen and oxygen atoms in total. The summed E-state index contributed by atoms with van der Waals surface area (Å²) in [5.41, 5.74) is 5.73. The number of halogens is 1. The second kappa shape index (κ2) is 9.60. The maximum absolute atomic E-state index is 12.7. The molecule has 0 fully saturated rings. The van der Waals surface area contributed by atoms with Crippen LogP contribution >= 0.6 is 27.7 Å². The van der Waals surface area contributed by atoms with E-state index in [9.17, 15) is 4.79 Å². The Hall–Kier alpha value is -3.16. The highest BCUT2D eigenvalue weighted by molar-refractivity contribution is 9.10. The molecule has 1 aliphatic heterocycles. The molecule has 4 aromatic rings. The Kier molecular flexibility index (Phi) is 6.39. The fourth-order valence-electron chi connectivity index (χ4n) is 4.18. The van der Waals surface area contributed by atoms with Gasteiger partial charge in [0.1, 0.15) is 0 Å². The molecule has 0 aliphatic carbocycles. The second-order valence-corrected chi connectivity index (χ2v) is 9.87. The topological polar surface area (TPSA) is 50.5 Å². The highest BCUT2D eigenvalue weighted by Gasteiger charge is 2.34. The van der Waals surface area contributed by atoms with E-state index in [1.807, 2.05) is 65.5 Å². The Labute approximate surface area is 211 Å². The summed E-state index contributed by atoms with van der Waals surface area (Å²) >= 11 is 5.20. The molecule has 2 heterocycles. The predicted octanol–water partition coefficient (Wildman–Crippen LogP) is 6.72. The third kappa shape index (κ3) is 4.45. The lowest BCUT2D eigenvalue weighted by molar-refractivity contribution is -0.130. The quantitative estimate of drug-likeness (QED) is 0.269. The molecule has 34 heavy (non-hydrogen) atoms. The summed E-state index contributed by atoms with van der Waals surface area (Å²) in [5.74, 6) is -0.0896. The average molecular weight is 531 g/mol. The van der Waals surface area contributed by atoms with E-state index < -0.39 is 0 Å². The lowest BCUT2D eigenvalue weighted by Crippen LogP contribution is -2.24. The van der Waals surface area contributed by atoms with Gasteiger partial charge in [-0.25, -0.2) is 9.69 Å². The molecule has 1 atom stereocenters. The van der Waals surface area contributed by atoms with Crippen LogP contribution in [-0.2, 0) is 4.79 Å². The Morgan fingerprint density at radius 3 is 2.29 bits per heavy atom. The van der Waals surface area contributed by atoms with Gasteiger partial charge in [0.05, 0.1) is 23.1 Å². The molecular weight excluding hydrogens is 508 g/mol. The molecule has 3 aromatic carbocycles. The van der Waals surface area contributed by atoms with Crippen LogP contribution in [0.4, 0.5) is 0 Å². The number of benzene rings is 3. The van der Waals surface area contributed by atoms with Gasteiger partial charge < -0.3 is 0 Å². The van der Waals surface area contributed by atoms with Crippen LogP contribution in [0.3, 0.4) is 0 Å². The number of aromatic nitrogens is 2. The average Bonchev–Trinajstić information content (AvgIpc) is 3.50. The van der Waals surface area contributed by atoms with E-state index in [0.717, 1.165) is 38.3 Å². The van der Waals surface area contributed by atoms with Crippen molar-refractivity contribution < 1.29 is 4.79 Å². The van der Waals surface area contributed by atoms with Crippen molar-refractivity contribution in [1.82, 2.24) is 14.8 Å². The van der Waals surface area contributed by atoms with Crippen LogP contribution in [0.1, 0.15) is 30.5 Å². The van der Waals surface area contributed by atoms with E-state index in [-0.39, 0.29) is 11.9 Å². The molecule has 0 saturated heterocycles. The van der Waals surface area contributed by atoms with E-state index in [0.29, 0.717) is 6.42 Å². The van der Waals surface area contributed by atoms with Crippen molar-refractivity contribution in [3.05, 3.63) is 101 Å². The van der Waals surface area contributed by atoms with Gasteiger partial charge in [-0.3, -0.25) is 4.79 Å². The van der Waals surface area contributed by atoms with Gasteiger partial charge in [0.15, 0.2) is 0 Å². The van der Waals surface area contributed by atoms with E-state index in [2.05, 4.69) is 46.5 Å². The van der Waals surface area contributed by atoms with Gasteiger partial charge in [-0.05, 0) is 48.2 Å². The molecular formula is C27H23BrN4OS. The fourth-order valence-corrected chi connectivity index (χ4v) is 4.85. The molecule has 0 saturated carbocycles. The van der Waals surface area contributed by atoms with Gasteiger partial charge in [-0.1, -0.05) is 58.4 Å². The standard InChI is InChI=1S/C27H23BrN4OS/c1-18(33)32-26(16-25(29-32)19-8-12-21(28)13-9-19)24-17-31(22-6-4-3-5-7-22)30-27(24)20-10-14-23(34-2)15-11-20/h3-15,17,26H,16H2,1-2H3. The predicted molar refractivity (Wildman–Crippen MR) is 141 cm³/mol. The minimum atomic E-state index is -0.233. The molecule has 1 amide bonds. The van der Waals surface area contributed by atoms with Crippen LogP contribution in [0.2, 0.25) is 0 Å². The van der Waals surface area contributed by atoms with Crippen molar-refractivity contribution >= 4 is 39.3 Å². The molecule has 1 aliphatic rings. The monoisotopic (exact) mass is 530 g/mol. The number of para-hydroxylation sites is 1. The normalized spacial score (nSPS) is 15.4. The molecule has 0 bridgehead atoms. The zero-order valence-electron chi connectivity index (χ0n) is 18.9. The SMILES string of the molecule is CSc1ccc(-c2nn(-c3ccccc3)cc2C2CC(c3ccc(Br)cc3)=NN2C(C)=O)cc1. The maximum Gasteiger partial charge on any atom is 0.240 e. The number of hydrazone groups is 1. The van der Waals surface area contributed by atoms with Gasteiger partial charge in [0.25, 0.3) is 0 Å². The highest BCUT2D eigenvalue weighted by atomic mass is 79.9. The summed E-state index contributed by atoms with van der Waals surface area (Å²) < 4.78 is 2.90. The Bertz CT molecular complexity index is 1350. The lowest BCUT2D eigenvalue weighted by atomic mass is 9.96. The van der Waals surface area contributed by atoms with E-state index >= 15 is 0 Å². The van der Waals surface area contributed by atoms with Gasteiger partial charge >= 0.3 is 0 Å². The largest absolute Gasteiger partial charge is 0.273 e. The maximum atomic E-state index is 12.7. The number of carbonyl (C=O) groups excluding carboxylic acids is 1. The number of rotatable bonds is 5. The summed E-state index contributed by atoms with van der Waals surface area (Å²) in [6.07, 6.45) is 4.72. The first kappa shape index (κ1) is 22.6. The Morgan fingerprint density at radius 2 is 1.65 bits per heavy atom. The summed E-state index contributed by atoms with van der Waals surface area (Å²) in [4.78, 5) is 13.8. The van der Waals surface area contributed by atoms with E-state index in [1.165, 1.54) is 4.90 Å². The smallest absolute Gasteiger partial charge is 0.240 e. The number of hydrogen-bond acceptors (Lipinski definition) is 4. The molecule has 0 N–H and O–H groups in total. The van der Waals surface area contributed by atoms with Crippen molar-refractivity contribution in [2.75, 3.05) is 6.26 Å². The molecule has 7 heteroatoms.